The molecular weight excluding hydrogens is 466 g/mol. The van der Waals surface area contributed by atoms with Crippen LogP contribution in [0.5, 0.6) is 28.9 Å². The van der Waals surface area contributed by atoms with Gasteiger partial charge in [0.25, 0.3) is 5.91 Å². The normalized spacial score (nSPS) is 14.3. The lowest BCUT2D eigenvalue weighted by Gasteiger charge is -2.25. The summed E-state index contributed by atoms with van der Waals surface area (Å²) in [6.45, 7) is 2.07. The number of hydrogen-bond donors (Lipinski definition) is 3. The number of methoxy groups -OCH3 is 2. The molecule has 1 amide bonds. The van der Waals surface area contributed by atoms with Crippen molar-refractivity contribution in [1.82, 2.24) is 10.2 Å². The smallest absolute Gasteiger partial charge is 0.255 e. The second kappa shape index (κ2) is 10.2. The Balaban J connectivity index is 1.85. The Kier molecular flexibility index (Phi) is 6.87. The first kappa shape index (κ1) is 24.3. The molecule has 11 nitrogen and oxygen atoms in total. The number of carbonyl (C=O) groups excluding carboxylic acids is 1. The van der Waals surface area contributed by atoms with Crippen molar-refractivity contribution in [3.05, 3.63) is 59.0 Å². The third-order valence-electron chi connectivity index (χ3n) is 5.58. The predicted molar refractivity (Wildman–Crippen MR) is 129 cm³/mol. The molecule has 1 aliphatic rings. The monoisotopic (exact) mass is 491 g/mol. The molecule has 0 saturated heterocycles. The summed E-state index contributed by atoms with van der Waals surface area (Å²) in [7, 11) is 3.03. The number of aromatic nitrogens is 2. The molecule has 0 fully saturated rings. The molecule has 186 valence electrons. The zero-order chi connectivity index (χ0) is 25.8. The maximum absolute atomic E-state index is 11.1. The van der Waals surface area contributed by atoms with Crippen molar-refractivity contribution in [3.8, 4) is 46.2 Å². The van der Waals surface area contributed by atoms with E-state index in [1.807, 2.05) is 19.1 Å². The lowest BCUT2D eigenvalue weighted by atomic mass is 9.83. The second-order valence-electron chi connectivity index (χ2n) is 7.71. The second-order valence-corrected chi connectivity index (χ2v) is 7.71. The van der Waals surface area contributed by atoms with Crippen molar-refractivity contribution in [2.45, 2.75) is 12.8 Å². The maximum Gasteiger partial charge on any atom is 0.255 e. The van der Waals surface area contributed by atoms with E-state index in [9.17, 15) is 10.1 Å². The fourth-order valence-electron chi connectivity index (χ4n) is 4.03. The summed E-state index contributed by atoms with van der Waals surface area (Å²) in [6, 6.07) is 12.7. The Morgan fingerprint density at radius 3 is 2.47 bits per heavy atom. The van der Waals surface area contributed by atoms with Crippen LogP contribution in [0.3, 0.4) is 0 Å². The highest BCUT2D eigenvalue weighted by molar-refractivity contribution is 5.75. The van der Waals surface area contributed by atoms with Crippen LogP contribution in [0.4, 0.5) is 0 Å². The van der Waals surface area contributed by atoms with E-state index < -0.39 is 11.8 Å². The van der Waals surface area contributed by atoms with Crippen molar-refractivity contribution >= 4 is 5.91 Å². The van der Waals surface area contributed by atoms with Crippen LogP contribution < -0.4 is 35.2 Å². The van der Waals surface area contributed by atoms with Gasteiger partial charge in [0.2, 0.25) is 11.8 Å². The molecule has 3 aromatic rings. The number of carbonyl (C=O) groups is 1. The molecule has 1 atom stereocenters. The van der Waals surface area contributed by atoms with Crippen molar-refractivity contribution in [1.29, 1.82) is 5.26 Å². The molecule has 0 radical (unpaired) electrons. The van der Waals surface area contributed by atoms with E-state index in [1.54, 1.807) is 31.4 Å². The Morgan fingerprint density at radius 2 is 1.81 bits per heavy atom. The molecule has 0 saturated carbocycles. The molecule has 5 N–H and O–H groups in total. The Labute approximate surface area is 207 Å². The van der Waals surface area contributed by atoms with Gasteiger partial charge >= 0.3 is 0 Å². The number of hydrogen-bond acceptors (Lipinski definition) is 9. The highest BCUT2D eigenvalue weighted by Gasteiger charge is 2.36. The van der Waals surface area contributed by atoms with Crippen LogP contribution in [-0.4, -0.2) is 43.5 Å². The number of benzene rings is 2. The van der Waals surface area contributed by atoms with Crippen LogP contribution in [-0.2, 0) is 4.79 Å². The number of aromatic amines is 1. The molecule has 2 heterocycles. The first-order valence-electron chi connectivity index (χ1n) is 11.0. The molecule has 11 heteroatoms. The van der Waals surface area contributed by atoms with Gasteiger partial charge in [0, 0.05) is 5.56 Å². The van der Waals surface area contributed by atoms with Crippen LogP contribution in [0.25, 0.3) is 11.3 Å². The fourth-order valence-corrected chi connectivity index (χ4v) is 4.03. The topological polar surface area (TPSA) is 168 Å². The minimum Gasteiger partial charge on any atom is -0.493 e. The molecule has 4 rings (SSSR count). The summed E-state index contributed by atoms with van der Waals surface area (Å²) >= 11 is 0. The van der Waals surface area contributed by atoms with Crippen LogP contribution in [0.1, 0.15) is 24.0 Å². The Morgan fingerprint density at radius 1 is 1.11 bits per heavy atom. The quantitative estimate of drug-likeness (QED) is 0.407. The van der Waals surface area contributed by atoms with Crippen molar-refractivity contribution in [2.75, 3.05) is 27.4 Å². The van der Waals surface area contributed by atoms with Gasteiger partial charge in [-0.1, -0.05) is 6.07 Å². The number of fused-ring (bicyclic) bond motifs is 1. The highest BCUT2D eigenvalue weighted by Crippen LogP contribution is 2.47. The number of primary amides is 1. The molecular formula is C25H25N5O6. The number of rotatable bonds is 9. The highest BCUT2D eigenvalue weighted by atomic mass is 16.5. The van der Waals surface area contributed by atoms with Crippen molar-refractivity contribution < 1.29 is 28.5 Å². The lowest BCUT2D eigenvalue weighted by Crippen LogP contribution is -2.21. The third-order valence-corrected chi connectivity index (χ3v) is 5.58. The molecule has 0 bridgehead atoms. The van der Waals surface area contributed by atoms with Gasteiger partial charge in [0.05, 0.1) is 38.0 Å². The summed E-state index contributed by atoms with van der Waals surface area (Å²) in [5, 5.41) is 17.3. The van der Waals surface area contributed by atoms with E-state index in [0.717, 1.165) is 5.56 Å². The zero-order valence-electron chi connectivity index (χ0n) is 20.0. The molecule has 2 aromatic carbocycles. The molecule has 0 aliphatic carbocycles. The van der Waals surface area contributed by atoms with Crippen LogP contribution in [0, 0.1) is 11.3 Å². The van der Waals surface area contributed by atoms with E-state index >= 15 is 0 Å². The van der Waals surface area contributed by atoms with Crippen LogP contribution >= 0.6 is 0 Å². The van der Waals surface area contributed by atoms with Crippen molar-refractivity contribution in [2.24, 2.45) is 11.5 Å². The number of H-pyrrole nitrogens is 1. The van der Waals surface area contributed by atoms with E-state index in [4.69, 9.17) is 35.2 Å². The van der Waals surface area contributed by atoms with Crippen LogP contribution in [0.15, 0.2) is 47.9 Å². The number of nitrogens with one attached hydrogen (secondary N) is 1. The van der Waals surface area contributed by atoms with Gasteiger partial charge in [0.1, 0.15) is 11.6 Å². The van der Waals surface area contributed by atoms with E-state index in [-0.39, 0.29) is 23.9 Å². The van der Waals surface area contributed by atoms with Gasteiger partial charge in [-0.15, -0.1) is 5.10 Å². The number of nitriles is 1. The van der Waals surface area contributed by atoms with E-state index in [0.29, 0.717) is 46.4 Å². The number of nitrogens with two attached hydrogens (primary N) is 2. The summed E-state index contributed by atoms with van der Waals surface area (Å²) in [5.41, 5.74) is 14.1. The van der Waals surface area contributed by atoms with Crippen molar-refractivity contribution in [3.63, 3.8) is 0 Å². The molecule has 0 unspecified atom stereocenters. The van der Waals surface area contributed by atoms with Crippen LogP contribution in [0.2, 0.25) is 0 Å². The lowest BCUT2D eigenvalue weighted by molar-refractivity contribution is -0.119. The van der Waals surface area contributed by atoms with Gasteiger partial charge in [-0.25, -0.2) is 0 Å². The molecule has 1 aromatic heterocycles. The van der Waals surface area contributed by atoms with Gasteiger partial charge in [-0.3, -0.25) is 9.89 Å². The fraction of sp³-hybridized carbons (Fsp3) is 0.240. The SMILES string of the molecule is CCOc1ccc(-c2[nH]nc3c2[C@@H](c2ccc(OCC(N)=O)c(OC)c2)C(C#N)=C(N)O3)cc1OC. The molecule has 0 spiro atoms. The number of amides is 1. The van der Waals surface area contributed by atoms with E-state index in [1.165, 1.54) is 7.11 Å². The average molecular weight is 492 g/mol. The average Bonchev–Trinajstić information content (AvgIpc) is 3.30. The summed E-state index contributed by atoms with van der Waals surface area (Å²) in [6.07, 6.45) is 0. The number of ether oxygens (including phenoxy) is 5. The summed E-state index contributed by atoms with van der Waals surface area (Å²) < 4.78 is 27.7. The van der Waals surface area contributed by atoms with Gasteiger partial charge < -0.3 is 35.2 Å². The largest absolute Gasteiger partial charge is 0.493 e. The van der Waals surface area contributed by atoms with Gasteiger partial charge in [-0.2, -0.15) is 5.26 Å². The maximum atomic E-state index is 11.1. The standard InChI is InChI=1S/C25H25N5O6/c1-4-34-16-8-6-14(10-19(16)33-3)23-22-21(15(11-26)24(28)36-25(22)30-29-23)13-5-7-17(18(9-13)32-2)35-12-20(27)31/h5-10,21H,4,12,28H2,1-3H3,(H2,27,31)(H,29,30)/t21-/m0/s1. The molecule has 36 heavy (non-hydrogen) atoms. The van der Waals surface area contributed by atoms with Gasteiger partial charge in [0.15, 0.2) is 29.6 Å². The van der Waals surface area contributed by atoms with E-state index in [2.05, 4.69) is 16.3 Å². The number of nitrogens with zero attached hydrogens (tertiary/aromatic N) is 2. The zero-order valence-corrected chi connectivity index (χ0v) is 20.0. The summed E-state index contributed by atoms with van der Waals surface area (Å²) in [4.78, 5) is 11.1. The predicted octanol–water partition coefficient (Wildman–Crippen LogP) is 2.57. The third kappa shape index (κ3) is 4.44. The Hall–Kier alpha value is -4.85. The number of allylic oxidation sites excluding steroid dienone is 1. The first-order valence-corrected chi connectivity index (χ1v) is 11.0. The molecule has 1 aliphatic heterocycles. The minimum atomic E-state index is -0.635. The van der Waals surface area contributed by atoms with Gasteiger partial charge in [-0.05, 0) is 42.8 Å². The Bertz CT molecular complexity index is 1370. The first-order chi connectivity index (χ1) is 17.4. The minimum absolute atomic E-state index is 0.0506. The summed E-state index contributed by atoms with van der Waals surface area (Å²) in [5.74, 6) is 0.757.